The first-order valence-electron chi connectivity index (χ1n) is 1.68. The Morgan fingerprint density at radius 1 is 1.86 bits per heavy atom. The van der Waals surface area contributed by atoms with E-state index in [9.17, 15) is 9.00 Å². The predicted molar refractivity (Wildman–Crippen MR) is 23.5 cm³/mol. The summed E-state index contributed by atoms with van der Waals surface area (Å²) in [5, 5.41) is 0. The van der Waals surface area contributed by atoms with Crippen LogP contribution in [0, 0.1) is 0 Å². The molecule has 1 N–H and O–H groups in total. The van der Waals surface area contributed by atoms with Crippen LogP contribution in [0.25, 0.3) is 0 Å². The number of amides is 1. The highest BCUT2D eigenvalue weighted by Gasteiger charge is 1.95. The van der Waals surface area contributed by atoms with E-state index in [1.165, 1.54) is 0 Å². The van der Waals surface area contributed by atoms with Crippen molar-refractivity contribution >= 4 is 16.7 Å². The van der Waals surface area contributed by atoms with Gasteiger partial charge in [-0.25, -0.2) is 0 Å². The van der Waals surface area contributed by atoms with E-state index >= 15 is 0 Å². The van der Waals surface area contributed by atoms with Gasteiger partial charge in [-0.2, -0.15) is 0 Å². The number of hydrogen-bond acceptors (Lipinski definition) is 4. The SMILES string of the molecule is O=C1CN=[S-](=O)N1. The summed E-state index contributed by atoms with van der Waals surface area (Å²) in [6.07, 6.45) is 0. The molecule has 0 fully saturated rings. The van der Waals surface area contributed by atoms with E-state index in [0.29, 0.717) is 0 Å². The van der Waals surface area contributed by atoms with Crippen LogP contribution in [0.15, 0.2) is 4.36 Å². The molecule has 0 saturated carbocycles. The first-order valence-corrected chi connectivity index (χ1v) is 2.78. The zero-order valence-electron chi connectivity index (χ0n) is 3.38. The molecule has 1 rings (SSSR count). The lowest BCUT2D eigenvalue weighted by Crippen LogP contribution is -2.15. The second kappa shape index (κ2) is 1.49. The third-order valence-electron chi connectivity index (χ3n) is 0.527. The van der Waals surface area contributed by atoms with E-state index in [-0.39, 0.29) is 12.5 Å². The molecular weight excluding hydrogens is 116 g/mol. The third kappa shape index (κ3) is 0.894. The van der Waals surface area contributed by atoms with Gasteiger partial charge in [-0.15, -0.1) is 0 Å². The topological polar surface area (TPSA) is 58.5 Å². The number of carbonyl (C=O) groups excluding carboxylic acids is 1. The van der Waals surface area contributed by atoms with Crippen molar-refractivity contribution in [3.63, 3.8) is 0 Å². The predicted octanol–water partition coefficient (Wildman–Crippen LogP) is -0.821. The second-order valence-corrected chi connectivity index (χ2v) is 2.02. The molecule has 0 aromatic carbocycles. The molecule has 1 aliphatic heterocycles. The smallest absolute Gasteiger partial charge is 0.223 e. The highest BCUT2D eigenvalue weighted by molar-refractivity contribution is 7.73. The van der Waals surface area contributed by atoms with Gasteiger partial charge in [-0.05, 0) is 0 Å². The largest absolute Gasteiger partial charge is 0.424 e. The minimum Gasteiger partial charge on any atom is -0.424 e. The average molecular weight is 119 g/mol. The lowest BCUT2D eigenvalue weighted by Gasteiger charge is -1.89. The molecule has 0 aromatic heterocycles. The first-order chi connectivity index (χ1) is 3.29. The Balaban J connectivity index is 2.76. The van der Waals surface area contributed by atoms with Crippen molar-refractivity contribution in [3.8, 4) is 0 Å². The standard InChI is InChI=1S/C2H3N2O2S/c5-2-1-3-7(6)4-2/h1H2,(H,3,4,5,6)/q-1. The fourth-order valence-electron chi connectivity index (χ4n) is 0.279. The monoisotopic (exact) mass is 119 g/mol. The number of nitrogens with zero attached hydrogens (tertiary/aromatic N) is 1. The molecular formula is C2H3N2O2S-. The molecule has 1 heterocycles. The van der Waals surface area contributed by atoms with Gasteiger partial charge < -0.3 is 13.3 Å². The summed E-state index contributed by atoms with van der Waals surface area (Å²) in [4.78, 5) is 10.1. The first kappa shape index (κ1) is 4.58. The lowest BCUT2D eigenvalue weighted by molar-refractivity contribution is -0.117. The fourth-order valence-corrected chi connectivity index (χ4v) is 0.838. The zero-order chi connectivity index (χ0) is 5.28. The summed E-state index contributed by atoms with van der Waals surface area (Å²) >= 11 is 0. The fraction of sp³-hybridized carbons (Fsp3) is 0.500. The Morgan fingerprint density at radius 2 is 2.57 bits per heavy atom. The summed E-state index contributed by atoms with van der Waals surface area (Å²) in [5.41, 5.74) is 0. The molecule has 0 saturated heterocycles. The quantitative estimate of drug-likeness (QED) is 0.423. The van der Waals surface area contributed by atoms with Crippen molar-refractivity contribution in [1.82, 2.24) is 4.72 Å². The van der Waals surface area contributed by atoms with Gasteiger partial charge in [-0.3, -0.25) is 4.79 Å². The van der Waals surface area contributed by atoms with Crippen molar-refractivity contribution in [3.05, 3.63) is 0 Å². The Labute approximate surface area is 42.3 Å². The Morgan fingerprint density at radius 3 is 2.71 bits per heavy atom. The van der Waals surface area contributed by atoms with Gasteiger partial charge in [0.05, 0.1) is 6.54 Å². The van der Waals surface area contributed by atoms with Crippen LogP contribution in [-0.4, -0.2) is 12.5 Å². The van der Waals surface area contributed by atoms with Crippen LogP contribution < -0.4 is 4.72 Å². The summed E-state index contributed by atoms with van der Waals surface area (Å²) in [6, 6.07) is 0. The van der Waals surface area contributed by atoms with Crippen LogP contribution in [0.5, 0.6) is 0 Å². The van der Waals surface area contributed by atoms with Crippen molar-refractivity contribution < 1.29 is 9.00 Å². The van der Waals surface area contributed by atoms with Crippen LogP contribution in [0.4, 0.5) is 0 Å². The second-order valence-electron chi connectivity index (χ2n) is 1.06. The highest BCUT2D eigenvalue weighted by Crippen LogP contribution is 1.81. The van der Waals surface area contributed by atoms with Crippen LogP contribution in [0.1, 0.15) is 0 Å². The molecule has 5 heteroatoms. The Kier molecular flexibility index (Phi) is 0.976. The van der Waals surface area contributed by atoms with Crippen molar-refractivity contribution in [2.45, 2.75) is 0 Å². The van der Waals surface area contributed by atoms with E-state index in [2.05, 4.69) is 9.08 Å². The molecule has 0 radical (unpaired) electrons. The molecule has 40 valence electrons. The van der Waals surface area contributed by atoms with E-state index in [0.717, 1.165) is 0 Å². The zero-order valence-corrected chi connectivity index (χ0v) is 4.20. The summed E-state index contributed by atoms with van der Waals surface area (Å²) in [5.74, 6) is -0.265. The van der Waals surface area contributed by atoms with Gasteiger partial charge in [0, 0.05) is 0 Å². The highest BCUT2D eigenvalue weighted by atomic mass is 32.2. The third-order valence-corrected chi connectivity index (χ3v) is 1.29. The molecule has 0 bridgehead atoms. The van der Waals surface area contributed by atoms with Crippen LogP contribution >= 0.6 is 0 Å². The molecule has 0 unspecified atom stereocenters. The van der Waals surface area contributed by atoms with Crippen molar-refractivity contribution in [2.75, 3.05) is 6.54 Å². The summed E-state index contributed by atoms with van der Waals surface area (Å²) in [6.45, 7) is 0.0482. The maximum atomic E-state index is 10.1. The van der Waals surface area contributed by atoms with E-state index in [1.54, 1.807) is 0 Å². The van der Waals surface area contributed by atoms with E-state index in [4.69, 9.17) is 0 Å². The molecule has 1 amide bonds. The number of nitrogens with one attached hydrogen (secondary N) is 1. The Hall–Kier alpha value is -0.580. The normalized spacial score (nSPS) is 21.4. The van der Waals surface area contributed by atoms with E-state index in [1.807, 2.05) is 0 Å². The molecule has 0 atom stereocenters. The Bertz CT molecular complexity index is 169. The number of rotatable bonds is 0. The van der Waals surface area contributed by atoms with Gasteiger partial charge in [0.25, 0.3) is 0 Å². The minimum absolute atomic E-state index is 0.0482. The minimum atomic E-state index is -1.43. The van der Waals surface area contributed by atoms with Crippen LogP contribution in [0.3, 0.4) is 0 Å². The maximum Gasteiger partial charge on any atom is 0.223 e. The summed E-state index contributed by atoms with van der Waals surface area (Å²) in [7, 11) is -1.43. The summed E-state index contributed by atoms with van der Waals surface area (Å²) < 4.78 is 15.5. The van der Waals surface area contributed by atoms with Gasteiger partial charge in [0.1, 0.15) is 0 Å². The van der Waals surface area contributed by atoms with E-state index < -0.39 is 10.8 Å². The lowest BCUT2D eigenvalue weighted by atomic mass is 10.7. The molecule has 0 aromatic rings. The average Bonchev–Trinajstić information content (AvgIpc) is 1.87. The molecule has 0 spiro atoms. The van der Waals surface area contributed by atoms with Gasteiger partial charge in [0.2, 0.25) is 5.91 Å². The maximum absolute atomic E-state index is 10.1. The number of carbonyl (C=O) groups is 1. The van der Waals surface area contributed by atoms with Gasteiger partial charge in [0.15, 0.2) is 0 Å². The van der Waals surface area contributed by atoms with Crippen molar-refractivity contribution in [1.29, 1.82) is 0 Å². The van der Waals surface area contributed by atoms with Gasteiger partial charge >= 0.3 is 0 Å². The molecule has 0 aliphatic carbocycles. The van der Waals surface area contributed by atoms with Gasteiger partial charge in [-0.1, -0.05) is 10.8 Å². The van der Waals surface area contributed by atoms with Crippen LogP contribution in [-0.2, 0) is 19.8 Å². The molecule has 7 heavy (non-hydrogen) atoms. The van der Waals surface area contributed by atoms with Crippen molar-refractivity contribution in [2.24, 2.45) is 4.36 Å². The molecule has 4 nitrogen and oxygen atoms in total. The van der Waals surface area contributed by atoms with Crippen LogP contribution in [0.2, 0.25) is 0 Å². The number of hydrogen-bond donors (Lipinski definition) is 1. The molecule has 1 aliphatic rings.